The molecule has 0 amide bonds. The summed E-state index contributed by atoms with van der Waals surface area (Å²) in [7, 11) is 1.96. The highest BCUT2D eigenvalue weighted by Gasteiger charge is 2.42. The standard InChI is InChI=1S/C12H16FN/c1-14-9-12(6-7-12)8-10-4-2-3-5-11(10)13/h2-5,14H,6-9H2,1H3. The van der Waals surface area contributed by atoms with Crippen LogP contribution in [0, 0.1) is 11.2 Å². The van der Waals surface area contributed by atoms with Gasteiger partial charge in [-0.15, -0.1) is 0 Å². The van der Waals surface area contributed by atoms with Crippen molar-refractivity contribution in [2.75, 3.05) is 13.6 Å². The summed E-state index contributed by atoms with van der Waals surface area (Å²) in [4.78, 5) is 0. The van der Waals surface area contributed by atoms with Crippen LogP contribution in [0.4, 0.5) is 4.39 Å². The van der Waals surface area contributed by atoms with Gasteiger partial charge >= 0.3 is 0 Å². The lowest BCUT2D eigenvalue weighted by Gasteiger charge is -2.14. The maximum atomic E-state index is 13.4. The van der Waals surface area contributed by atoms with Crippen LogP contribution < -0.4 is 5.32 Å². The fourth-order valence-electron chi connectivity index (χ4n) is 2.01. The summed E-state index contributed by atoms with van der Waals surface area (Å²) in [5.74, 6) is -0.0603. The average Bonchev–Trinajstić information content (AvgIpc) is 2.90. The summed E-state index contributed by atoms with van der Waals surface area (Å²) >= 11 is 0. The molecule has 1 aromatic carbocycles. The normalized spacial score (nSPS) is 18.1. The van der Waals surface area contributed by atoms with E-state index >= 15 is 0 Å². The van der Waals surface area contributed by atoms with Gasteiger partial charge in [-0.1, -0.05) is 18.2 Å². The summed E-state index contributed by atoms with van der Waals surface area (Å²) < 4.78 is 13.4. The fourth-order valence-corrected chi connectivity index (χ4v) is 2.01. The number of nitrogens with one attached hydrogen (secondary N) is 1. The molecule has 0 aliphatic heterocycles. The smallest absolute Gasteiger partial charge is 0.126 e. The Hall–Kier alpha value is -0.890. The molecule has 0 spiro atoms. The first-order valence-electron chi connectivity index (χ1n) is 5.14. The van der Waals surface area contributed by atoms with Crippen LogP contribution in [0.3, 0.4) is 0 Å². The first kappa shape index (κ1) is 9.66. The van der Waals surface area contributed by atoms with Gasteiger partial charge in [0.1, 0.15) is 5.82 Å². The number of hydrogen-bond acceptors (Lipinski definition) is 1. The van der Waals surface area contributed by atoms with Crippen molar-refractivity contribution in [2.24, 2.45) is 5.41 Å². The zero-order chi connectivity index (χ0) is 10.0. The molecule has 1 nitrogen and oxygen atoms in total. The van der Waals surface area contributed by atoms with Crippen molar-refractivity contribution in [3.8, 4) is 0 Å². The highest BCUT2D eigenvalue weighted by molar-refractivity contribution is 5.21. The van der Waals surface area contributed by atoms with Gasteiger partial charge in [0.2, 0.25) is 0 Å². The minimum Gasteiger partial charge on any atom is -0.319 e. The molecular weight excluding hydrogens is 177 g/mol. The highest BCUT2D eigenvalue weighted by Crippen LogP contribution is 2.47. The second-order valence-corrected chi connectivity index (χ2v) is 4.30. The van der Waals surface area contributed by atoms with Gasteiger partial charge in [0.05, 0.1) is 0 Å². The number of halogens is 1. The molecule has 1 aliphatic rings. The molecule has 0 bridgehead atoms. The van der Waals surface area contributed by atoms with E-state index in [-0.39, 0.29) is 5.82 Å². The predicted molar refractivity (Wildman–Crippen MR) is 55.7 cm³/mol. The van der Waals surface area contributed by atoms with E-state index in [1.165, 1.54) is 12.8 Å². The Morgan fingerprint density at radius 1 is 1.36 bits per heavy atom. The fraction of sp³-hybridized carbons (Fsp3) is 0.500. The van der Waals surface area contributed by atoms with Crippen molar-refractivity contribution in [1.82, 2.24) is 5.32 Å². The van der Waals surface area contributed by atoms with Gasteiger partial charge in [-0.3, -0.25) is 0 Å². The SMILES string of the molecule is CNCC1(Cc2ccccc2F)CC1. The summed E-state index contributed by atoms with van der Waals surface area (Å²) in [6.07, 6.45) is 3.32. The molecule has 1 aromatic rings. The van der Waals surface area contributed by atoms with Gasteiger partial charge in [0, 0.05) is 6.54 Å². The second-order valence-electron chi connectivity index (χ2n) is 4.30. The molecule has 0 saturated heterocycles. The monoisotopic (exact) mass is 193 g/mol. The Morgan fingerprint density at radius 2 is 2.07 bits per heavy atom. The van der Waals surface area contributed by atoms with E-state index in [0.29, 0.717) is 5.41 Å². The Labute approximate surface area is 84.3 Å². The van der Waals surface area contributed by atoms with Crippen molar-refractivity contribution in [1.29, 1.82) is 0 Å². The minimum absolute atomic E-state index is 0.0603. The quantitative estimate of drug-likeness (QED) is 0.774. The first-order valence-corrected chi connectivity index (χ1v) is 5.14. The summed E-state index contributed by atoms with van der Waals surface area (Å²) in [6.45, 7) is 1.00. The van der Waals surface area contributed by atoms with Crippen LogP contribution in [0.25, 0.3) is 0 Å². The van der Waals surface area contributed by atoms with E-state index in [4.69, 9.17) is 0 Å². The predicted octanol–water partition coefficient (Wildman–Crippen LogP) is 2.37. The van der Waals surface area contributed by atoms with Crippen molar-refractivity contribution in [3.05, 3.63) is 35.6 Å². The van der Waals surface area contributed by atoms with Crippen molar-refractivity contribution in [2.45, 2.75) is 19.3 Å². The Morgan fingerprint density at radius 3 is 2.64 bits per heavy atom. The molecule has 14 heavy (non-hydrogen) atoms. The van der Waals surface area contributed by atoms with Crippen LogP contribution in [0.1, 0.15) is 18.4 Å². The third-order valence-electron chi connectivity index (χ3n) is 3.03. The largest absolute Gasteiger partial charge is 0.319 e. The zero-order valence-corrected chi connectivity index (χ0v) is 8.52. The van der Waals surface area contributed by atoms with Crippen LogP contribution in [0.2, 0.25) is 0 Å². The topological polar surface area (TPSA) is 12.0 Å². The van der Waals surface area contributed by atoms with Crippen LogP contribution in [-0.2, 0) is 6.42 Å². The van der Waals surface area contributed by atoms with Crippen LogP contribution >= 0.6 is 0 Å². The van der Waals surface area contributed by atoms with E-state index in [1.54, 1.807) is 12.1 Å². The minimum atomic E-state index is -0.0603. The molecule has 2 rings (SSSR count). The molecule has 2 heteroatoms. The van der Waals surface area contributed by atoms with Crippen LogP contribution in [-0.4, -0.2) is 13.6 Å². The van der Waals surface area contributed by atoms with E-state index in [2.05, 4.69) is 5.32 Å². The molecule has 1 saturated carbocycles. The van der Waals surface area contributed by atoms with Crippen molar-refractivity contribution < 1.29 is 4.39 Å². The molecule has 1 fully saturated rings. The summed E-state index contributed by atoms with van der Waals surface area (Å²) in [5, 5.41) is 3.19. The van der Waals surface area contributed by atoms with Crippen LogP contribution in [0.5, 0.6) is 0 Å². The van der Waals surface area contributed by atoms with Gasteiger partial charge in [0.15, 0.2) is 0 Å². The lowest BCUT2D eigenvalue weighted by atomic mass is 9.96. The lowest BCUT2D eigenvalue weighted by Crippen LogP contribution is -2.22. The zero-order valence-electron chi connectivity index (χ0n) is 8.52. The molecule has 0 heterocycles. The maximum absolute atomic E-state index is 13.4. The Balaban J connectivity index is 2.07. The van der Waals surface area contributed by atoms with Gasteiger partial charge < -0.3 is 5.32 Å². The molecule has 0 aromatic heterocycles. The van der Waals surface area contributed by atoms with Gasteiger partial charge in [0.25, 0.3) is 0 Å². The van der Waals surface area contributed by atoms with E-state index in [1.807, 2.05) is 19.2 Å². The number of benzene rings is 1. The van der Waals surface area contributed by atoms with Crippen molar-refractivity contribution >= 4 is 0 Å². The van der Waals surface area contributed by atoms with Gasteiger partial charge in [-0.05, 0) is 43.4 Å². The Bertz CT molecular complexity index is 318. The first-order chi connectivity index (χ1) is 6.76. The van der Waals surface area contributed by atoms with Gasteiger partial charge in [-0.2, -0.15) is 0 Å². The van der Waals surface area contributed by atoms with Gasteiger partial charge in [-0.25, -0.2) is 4.39 Å². The summed E-state index contributed by atoms with van der Waals surface area (Å²) in [6, 6.07) is 7.10. The highest BCUT2D eigenvalue weighted by atomic mass is 19.1. The number of rotatable bonds is 4. The molecular formula is C12H16FN. The van der Waals surface area contributed by atoms with E-state index < -0.39 is 0 Å². The summed E-state index contributed by atoms with van der Waals surface area (Å²) in [5.41, 5.74) is 1.21. The molecule has 0 radical (unpaired) electrons. The second kappa shape index (κ2) is 3.70. The molecule has 76 valence electrons. The Kier molecular flexibility index (Phi) is 2.55. The molecule has 1 aliphatic carbocycles. The van der Waals surface area contributed by atoms with E-state index in [9.17, 15) is 4.39 Å². The van der Waals surface area contributed by atoms with Crippen molar-refractivity contribution in [3.63, 3.8) is 0 Å². The molecule has 0 unspecified atom stereocenters. The van der Waals surface area contributed by atoms with E-state index in [0.717, 1.165) is 18.5 Å². The molecule has 0 atom stereocenters. The number of hydrogen-bond donors (Lipinski definition) is 1. The van der Waals surface area contributed by atoms with Crippen LogP contribution in [0.15, 0.2) is 24.3 Å². The maximum Gasteiger partial charge on any atom is 0.126 e. The third kappa shape index (κ3) is 1.95. The lowest BCUT2D eigenvalue weighted by molar-refractivity contribution is 0.465. The average molecular weight is 193 g/mol. The molecule has 1 N–H and O–H groups in total. The third-order valence-corrected chi connectivity index (χ3v) is 3.03.